The first-order valence-corrected chi connectivity index (χ1v) is 4.23. The average molecular weight is 259 g/mol. The van der Waals surface area contributed by atoms with Gasteiger partial charge in [0.15, 0.2) is 23.3 Å². The van der Waals surface area contributed by atoms with Crippen molar-refractivity contribution >= 4 is 34.9 Å². The Labute approximate surface area is 91.7 Å². The minimum absolute atomic E-state index is 0.418. The van der Waals surface area contributed by atoms with Crippen LogP contribution in [0.3, 0.4) is 0 Å². The summed E-state index contributed by atoms with van der Waals surface area (Å²) < 4.78 is 63.0. The Morgan fingerprint density at radius 2 is 1.20 bits per heavy atom. The predicted molar refractivity (Wildman–Crippen MR) is 51.4 cm³/mol. The van der Waals surface area contributed by atoms with Gasteiger partial charge in [0.25, 0.3) is 0 Å². The highest BCUT2D eigenvalue weighted by atomic mass is 32.1. The first-order chi connectivity index (χ1) is 6.86. The number of halogens is 5. The van der Waals surface area contributed by atoms with E-state index >= 15 is 0 Å². The monoisotopic (exact) mass is 259 g/mol. The molecule has 0 aliphatic heterocycles. The Morgan fingerprint density at radius 1 is 0.867 bits per heavy atom. The second-order valence-electron chi connectivity index (χ2n) is 2.38. The smallest absolute Gasteiger partial charge is 0.200 e. The summed E-state index contributed by atoms with van der Waals surface area (Å²) in [7, 11) is 0. The van der Waals surface area contributed by atoms with E-state index in [1.165, 1.54) is 0 Å². The van der Waals surface area contributed by atoms with Gasteiger partial charge in [0.1, 0.15) is 10.0 Å². The maximum atomic E-state index is 12.9. The molecule has 1 aromatic carbocycles. The molecule has 0 unspecified atom stereocenters. The molecule has 0 radical (unpaired) electrons. The molecular weight excluding hydrogens is 257 g/mol. The van der Waals surface area contributed by atoms with Gasteiger partial charge in [-0.25, -0.2) is 22.0 Å². The predicted octanol–water partition coefficient (Wildman–Crippen LogP) is 3.01. The van der Waals surface area contributed by atoms with Crippen LogP contribution in [0.4, 0.5) is 27.6 Å². The summed E-state index contributed by atoms with van der Waals surface area (Å²) in [4.78, 5) is 0. The van der Waals surface area contributed by atoms with Crippen LogP contribution in [-0.4, -0.2) is 4.32 Å². The molecule has 1 N–H and O–H groups in total. The van der Waals surface area contributed by atoms with Gasteiger partial charge in [0, 0.05) is 0 Å². The fourth-order valence-corrected chi connectivity index (χ4v) is 1.04. The van der Waals surface area contributed by atoms with Crippen LogP contribution < -0.4 is 5.32 Å². The van der Waals surface area contributed by atoms with Crippen LogP contribution in [0.15, 0.2) is 0 Å². The molecule has 0 bridgehead atoms. The van der Waals surface area contributed by atoms with Crippen molar-refractivity contribution in [2.45, 2.75) is 0 Å². The fraction of sp³-hybridized carbons (Fsp3) is 0. The highest BCUT2D eigenvalue weighted by molar-refractivity contribution is 8.11. The molecule has 0 atom stereocenters. The van der Waals surface area contributed by atoms with Gasteiger partial charge in [-0.15, -0.1) is 12.6 Å². The van der Waals surface area contributed by atoms with E-state index < -0.39 is 39.1 Å². The third kappa shape index (κ3) is 2.20. The van der Waals surface area contributed by atoms with E-state index in [9.17, 15) is 22.0 Å². The fourth-order valence-electron chi connectivity index (χ4n) is 0.822. The van der Waals surface area contributed by atoms with E-state index in [1.807, 2.05) is 0 Å². The summed E-state index contributed by atoms with van der Waals surface area (Å²) in [6.07, 6.45) is 0. The van der Waals surface area contributed by atoms with E-state index in [0.717, 1.165) is 0 Å². The topological polar surface area (TPSA) is 12.0 Å². The molecule has 15 heavy (non-hydrogen) atoms. The lowest BCUT2D eigenvalue weighted by molar-refractivity contribution is 0.382. The lowest BCUT2D eigenvalue weighted by atomic mass is 10.2. The van der Waals surface area contributed by atoms with Crippen molar-refractivity contribution in [3.8, 4) is 0 Å². The molecule has 1 nitrogen and oxygen atoms in total. The summed E-state index contributed by atoms with van der Waals surface area (Å²) in [6.45, 7) is 0. The lowest BCUT2D eigenvalue weighted by Crippen LogP contribution is -2.11. The molecular formula is C7H2F5NS2. The van der Waals surface area contributed by atoms with Gasteiger partial charge in [-0.3, -0.25) is 0 Å². The van der Waals surface area contributed by atoms with Crippen LogP contribution >= 0.6 is 24.8 Å². The van der Waals surface area contributed by atoms with E-state index in [4.69, 9.17) is 0 Å². The highest BCUT2D eigenvalue weighted by Gasteiger charge is 2.25. The van der Waals surface area contributed by atoms with Crippen LogP contribution in [0.25, 0.3) is 0 Å². The summed E-state index contributed by atoms with van der Waals surface area (Å²) in [5.41, 5.74) is -1.22. The maximum Gasteiger partial charge on any atom is 0.200 e. The van der Waals surface area contributed by atoms with Crippen molar-refractivity contribution in [1.82, 2.24) is 0 Å². The van der Waals surface area contributed by atoms with Crippen LogP contribution in [0.5, 0.6) is 0 Å². The van der Waals surface area contributed by atoms with Crippen molar-refractivity contribution in [1.29, 1.82) is 0 Å². The largest absolute Gasteiger partial charge is 0.336 e. The summed E-state index contributed by atoms with van der Waals surface area (Å²) in [5.74, 6) is -10.3. The van der Waals surface area contributed by atoms with E-state index in [0.29, 0.717) is 0 Å². The molecule has 82 valence electrons. The minimum Gasteiger partial charge on any atom is -0.336 e. The molecule has 0 aromatic heterocycles. The Bertz CT molecular complexity index is 405. The van der Waals surface area contributed by atoms with Gasteiger partial charge in [0.2, 0.25) is 5.82 Å². The summed E-state index contributed by atoms with van der Waals surface area (Å²) in [6, 6.07) is 0. The van der Waals surface area contributed by atoms with Crippen LogP contribution in [-0.2, 0) is 0 Å². The molecule has 0 fully saturated rings. The first kappa shape index (κ1) is 12.2. The third-order valence-electron chi connectivity index (χ3n) is 1.44. The van der Waals surface area contributed by atoms with E-state index in [2.05, 4.69) is 24.8 Å². The second-order valence-corrected chi connectivity index (χ2v) is 3.53. The molecule has 0 amide bonds. The van der Waals surface area contributed by atoms with Gasteiger partial charge < -0.3 is 5.32 Å². The van der Waals surface area contributed by atoms with Crippen LogP contribution in [0.1, 0.15) is 0 Å². The number of hydrogen-bond donors (Lipinski definition) is 2. The van der Waals surface area contributed by atoms with Crippen LogP contribution in [0, 0.1) is 29.1 Å². The quantitative estimate of drug-likeness (QED) is 0.264. The third-order valence-corrected chi connectivity index (χ3v) is 1.66. The number of thiol groups is 1. The molecule has 1 aromatic rings. The van der Waals surface area contributed by atoms with E-state index in [-0.39, 0.29) is 0 Å². The van der Waals surface area contributed by atoms with Gasteiger partial charge >= 0.3 is 0 Å². The minimum atomic E-state index is -2.22. The molecule has 1 rings (SSSR count). The van der Waals surface area contributed by atoms with Gasteiger partial charge in [-0.2, -0.15) is 0 Å². The normalized spacial score (nSPS) is 10.3. The Kier molecular flexibility index (Phi) is 3.50. The maximum absolute atomic E-state index is 12.9. The number of hydrogen-bond acceptors (Lipinski definition) is 1. The number of anilines is 1. The van der Waals surface area contributed by atoms with Crippen molar-refractivity contribution in [2.24, 2.45) is 0 Å². The summed E-state index contributed by atoms with van der Waals surface area (Å²) >= 11 is 7.74. The van der Waals surface area contributed by atoms with Gasteiger partial charge in [-0.05, 0) is 0 Å². The average Bonchev–Trinajstić information content (AvgIpc) is 2.18. The molecule has 0 saturated carbocycles. The zero-order valence-electron chi connectivity index (χ0n) is 6.75. The number of benzene rings is 1. The SMILES string of the molecule is Fc1c(F)c(F)c(NC(=S)S)c(F)c1F. The molecule has 8 heteroatoms. The molecule has 0 heterocycles. The van der Waals surface area contributed by atoms with Crippen molar-refractivity contribution in [3.63, 3.8) is 0 Å². The second kappa shape index (κ2) is 4.31. The summed E-state index contributed by atoms with van der Waals surface area (Å²) in [5, 5.41) is 1.75. The molecule has 0 saturated heterocycles. The van der Waals surface area contributed by atoms with Gasteiger partial charge in [0.05, 0.1) is 0 Å². The Hall–Kier alpha value is -0.890. The molecule has 0 spiro atoms. The zero-order chi connectivity index (χ0) is 11.7. The Morgan fingerprint density at radius 3 is 1.53 bits per heavy atom. The van der Waals surface area contributed by atoms with Crippen molar-refractivity contribution in [2.75, 3.05) is 5.32 Å². The number of rotatable bonds is 1. The van der Waals surface area contributed by atoms with E-state index in [1.54, 1.807) is 5.32 Å². The van der Waals surface area contributed by atoms with Crippen LogP contribution in [0.2, 0.25) is 0 Å². The molecule has 0 aliphatic carbocycles. The Balaban J connectivity index is 3.45. The number of nitrogens with one attached hydrogen (secondary N) is 1. The van der Waals surface area contributed by atoms with Crippen molar-refractivity contribution in [3.05, 3.63) is 29.1 Å². The van der Waals surface area contributed by atoms with Crippen molar-refractivity contribution < 1.29 is 22.0 Å². The van der Waals surface area contributed by atoms with Gasteiger partial charge in [-0.1, -0.05) is 12.2 Å². The lowest BCUT2D eigenvalue weighted by Gasteiger charge is -2.08. The standard InChI is InChI=1S/C7H2F5NS2/c8-1-2(9)4(11)6(13-7(14)15)5(12)3(1)10/h(H2,13,14,15). The highest BCUT2D eigenvalue weighted by Crippen LogP contribution is 2.27. The number of thiocarbonyl (C=S) groups is 1. The first-order valence-electron chi connectivity index (χ1n) is 3.37. The zero-order valence-corrected chi connectivity index (χ0v) is 8.46. The molecule has 0 aliphatic rings.